The molecule has 1 N–H and O–H groups in total. The smallest absolute Gasteiger partial charge is 0.263 e. The lowest BCUT2D eigenvalue weighted by Crippen LogP contribution is -2.46. The van der Waals surface area contributed by atoms with Crippen molar-refractivity contribution in [2.45, 2.75) is 30.7 Å². The normalized spacial score (nSPS) is 16.7. The monoisotopic (exact) mass is 400 g/mol. The van der Waals surface area contributed by atoms with Crippen LogP contribution in [0.15, 0.2) is 28.7 Å². The van der Waals surface area contributed by atoms with Gasteiger partial charge in [0.2, 0.25) is 10.0 Å². The molecule has 25 heavy (non-hydrogen) atoms. The number of carbonyl (C=O) groups is 1. The van der Waals surface area contributed by atoms with Crippen molar-refractivity contribution < 1.29 is 13.2 Å². The number of rotatable bonds is 4. The van der Waals surface area contributed by atoms with Gasteiger partial charge in [0.05, 0.1) is 11.2 Å². The lowest BCUT2D eigenvalue weighted by atomic mass is 10.1. The van der Waals surface area contributed by atoms with Crippen LogP contribution in [0.2, 0.25) is 5.15 Å². The Morgan fingerprint density at radius 3 is 2.60 bits per heavy atom. The molecule has 2 aromatic rings. The average Bonchev–Trinajstić information content (AvgIpc) is 3.02. The van der Waals surface area contributed by atoms with Crippen LogP contribution < -0.4 is 5.32 Å². The first-order valence-electron chi connectivity index (χ1n) is 7.70. The third-order valence-electron chi connectivity index (χ3n) is 4.08. The molecule has 10 heteroatoms. The van der Waals surface area contributed by atoms with E-state index in [0.29, 0.717) is 36.5 Å². The van der Waals surface area contributed by atoms with Gasteiger partial charge < -0.3 is 5.32 Å². The van der Waals surface area contributed by atoms with Crippen LogP contribution in [0.5, 0.6) is 0 Å². The molecule has 1 aliphatic rings. The Morgan fingerprint density at radius 1 is 1.32 bits per heavy atom. The molecule has 7 nitrogen and oxygen atoms in total. The molecule has 3 heterocycles. The van der Waals surface area contributed by atoms with Gasteiger partial charge in [-0.15, -0.1) is 11.3 Å². The molecule has 1 fully saturated rings. The molecule has 134 valence electrons. The topological polar surface area (TPSA) is 92.3 Å². The zero-order valence-electron chi connectivity index (χ0n) is 13.5. The van der Waals surface area contributed by atoms with E-state index in [1.165, 1.54) is 34.0 Å². The second-order valence-corrected chi connectivity index (χ2v) is 8.92. The summed E-state index contributed by atoms with van der Waals surface area (Å²) in [6, 6.07) is 2.85. The fourth-order valence-electron chi connectivity index (χ4n) is 2.68. The fourth-order valence-corrected chi connectivity index (χ4v) is 4.91. The molecule has 0 aromatic carbocycles. The van der Waals surface area contributed by atoms with Crippen molar-refractivity contribution in [1.82, 2.24) is 19.6 Å². The highest BCUT2D eigenvalue weighted by Gasteiger charge is 2.30. The van der Waals surface area contributed by atoms with Gasteiger partial charge in [-0.1, -0.05) is 11.6 Å². The lowest BCUT2D eigenvalue weighted by Gasteiger charge is -2.31. The van der Waals surface area contributed by atoms with Crippen molar-refractivity contribution in [3.05, 3.63) is 39.6 Å². The number of nitrogens with zero attached hydrogens (tertiary/aromatic N) is 3. The molecular weight excluding hydrogens is 384 g/mol. The van der Waals surface area contributed by atoms with Crippen LogP contribution in [-0.2, 0) is 10.0 Å². The molecule has 0 radical (unpaired) electrons. The quantitative estimate of drug-likeness (QED) is 0.793. The van der Waals surface area contributed by atoms with Gasteiger partial charge in [0, 0.05) is 25.3 Å². The number of piperidine rings is 1. The third-order valence-corrected chi connectivity index (χ3v) is 7.11. The first-order valence-corrected chi connectivity index (χ1v) is 10.4. The summed E-state index contributed by atoms with van der Waals surface area (Å²) in [5.41, 5.74) is 2.34. The number of aromatic nitrogens is 2. The van der Waals surface area contributed by atoms with Gasteiger partial charge in [-0.25, -0.2) is 18.4 Å². The summed E-state index contributed by atoms with van der Waals surface area (Å²) in [4.78, 5) is 20.9. The fraction of sp³-hybridized carbons (Fsp3) is 0.400. The molecule has 0 unspecified atom stereocenters. The summed E-state index contributed by atoms with van der Waals surface area (Å²) in [5.74, 6) is -0.150. The highest BCUT2D eigenvalue weighted by Crippen LogP contribution is 2.22. The molecule has 0 bridgehead atoms. The minimum Gasteiger partial charge on any atom is -0.348 e. The predicted molar refractivity (Wildman–Crippen MR) is 95.3 cm³/mol. The standard InChI is InChI=1S/C15H17ClN4O3S2/c1-10-14(24-9-18-10)15(21)19-11-4-6-20(7-5-11)25(22,23)12-2-3-13(16)17-8-12/h2-3,8-9,11H,4-7H2,1H3,(H,19,21). The van der Waals surface area contributed by atoms with Crippen LogP contribution in [0.1, 0.15) is 28.2 Å². The first-order chi connectivity index (χ1) is 11.9. The van der Waals surface area contributed by atoms with Crippen LogP contribution in [-0.4, -0.2) is 47.7 Å². The van der Waals surface area contributed by atoms with Crippen molar-refractivity contribution in [3.8, 4) is 0 Å². The van der Waals surface area contributed by atoms with Crippen LogP contribution >= 0.6 is 22.9 Å². The predicted octanol–water partition coefficient (Wildman–Crippen LogP) is 2.08. The van der Waals surface area contributed by atoms with E-state index in [9.17, 15) is 13.2 Å². The van der Waals surface area contributed by atoms with Crippen LogP contribution in [0.3, 0.4) is 0 Å². The minimum absolute atomic E-state index is 0.0520. The third kappa shape index (κ3) is 4.00. The maximum absolute atomic E-state index is 12.6. The van der Waals surface area contributed by atoms with Crippen LogP contribution in [0.4, 0.5) is 0 Å². The number of thiazole rings is 1. The minimum atomic E-state index is -3.59. The Kier molecular flexibility index (Phi) is 5.38. The van der Waals surface area contributed by atoms with Gasteiger partial charge in [0.25, 0.3) is 5.91 Å². The lowest BCUT2D eigenvalue weighted by molar-refractivity contribution is 0.0927. The molecule has 3 rings (SSSR count). The maximum atomic E-state index is 12.6. The number of hydrogen-bond donors (Lipinski definition) is 1. The summed E-state index contributed by atoms with van der Waals surface area (Å²) >= 11 is 7.01. The zero-order chi connectivity index (χ0) is 18.0. The van der Waals surface area contributed by atoms with Crippen molar-refractivity contribution in [2.24, 2.45) is 0 Å². The van der Waals surface area contributed by atoms with Crippen molar-refractivity contribution >= 4 is 38.9 Å². The van der Waals surface area contributed by atoms with E-state index in [2.05, 4.69) is 15.3 Å². The molecule has 0 aliphatic carbocycles. The average molecular weight is 401 g/mol. The molecule has 1 saturated heterocycles. The number of carbonyl (C=O) groups excluding carboxylic acids is 1. The number of aryl methyl sites for hydroxylation is 1. The van der Waals surface area contributed by atoms with Gasteiger partial charge in [-0.2, -0.15) is 4.31 Å². The summed E-state index contributed by atoms with van der Waals surface area (Å²) < 4.78 is 26.6. The van der Waals surface area contributed by atoms with Gasteiger partial charge in [0.1, 0.15) is 14.9 Å². The van der Waals surface area contributed by atoms with Gasteiger partial charge >= 0.3 is 0 Å². The van der Waals surface area contributed by atoms with Crippen molar-refractivity contribution in [1.29, 1.82) is 0 Å². The summed E-state index contributed by atoms with van der Waals surface area (Å²) in [5, 5.41) is 3.21. The van der Waals surface area contributed by atoms with E-state index in [0.717, 1.165) is 0 Å². The molecule has 0 spiro atoms. The molecule has 1 amide bonds. The van der Waals surface area contributed by atoms with E-state index in [-0.39, 0.29) is 22.0 Å². The summed E-state index contributed by atoms with van der Waals surface area (Å²) in [7, 11) is -3.59. The summed E-state index contributed by atoms with van der Waals surface area (Å²) in [6.45, 7) is 2.48. The highest BCUT2D eigenvalue weighted by molar-refractivity contribution is 7.89. The zero-order valence-corrected chi connectivity index (χ0v) is 15.9. The SMILES string of the molecule is Cc1ncsc1C(=O)NC1CCN(S(=O)(=O)c2ccc(Cl)nc2)CC1. The van der Waals surface area contributed by atoms with E-state index in [1.54, 1.807) is 12.4 Å². The first kappa shape index (κ1) is 18.2. The van der Waals surface area contributed by atoms with Crippen LogP contribution in [0.25, 0.3) is 0 Å². The van der Waals surface area contributed by atoms with Gasteiger partial charge in [-0.05, 0) is 31.9 Å². The molecule has 2 aromatic heterocycles. The number of amides is 1. The number of hydrogen-bond acceptors (Lipinski definition) is 6. The van der Waals surface area contributed by atoms with E-state index >= 15 is 0 Å². The highest BCUT2D eigenvalue weighted by atomic mass is 35.5. The Bertz CT molecular complexity index is 859. The molecule has 0 saturated carbocycles. The van der Waals surface area contributed by atoms with E-state index < -0.39 is 10.0 Å². The molecular formula is C15H17ClN4O3S2. The Morgan fingerprint density at radius 2 is 2.04 bits per heavy atom. The largest absolute Gasteiger partial charge is 0.348 e. The number of sulfonamides is 1. The second-order valence-electron chi connectivity index (χ2n) is 5.74. The van der Waals surface area contributed by atoms with Crippen molar-refractivity contribution in [3.63, 3.8) is 0 Å². The Hall–Kier alpha value is -1.55. The van der Waals surface area contributed by atoms with Crippen LogP contribution in [0, 0.1) is 6.92 Å². The Labute approximate surface area is 155 Å². The molecule has 1 aliphatic heterocycles. The van der Waals surface area contributed by atoms with Gasteiger partial charge in [-0.3, -0.25) is 4.79 Å². The second kappa shape index (κ2) is 7.36. The van der Waals surface area contributed by atoms with E-state index in [1.807, 2.05) is 0 Å². The molecule has 0 atom stereocenters. The van der Waals surface area contributed by atoms with E-state index in [4.69, 9.17) is 11.6 Å². The Balaban J connectivity index is 1.61. The van der Waals surface area contributed by atoms with Crippen molar-refractivity contribution in [2.75, 3.05) is 13.1 Å². The maximum Gasteiger partial charge on any atom is 0.263 e. The number of pyridine rings is 1. The number of halogens is 1. The summed E-state index contributed by atoms with van der Waals surface area (Å²) in [6.07, 6.45) is 2.38. The number of nitrogens with one attached hydrogen (secondary N) is 1. The van der Waals surface area contributed by atoms with Gasteiger partial charge in [0.15, 0.2) is 0 Å².